The number of hydrogen-bond acceptors (Lipinski definition) is 4. The maximum atomic E-state index is 12.6. The van der Waals surface area contributed by atoms with E-state index in [-0.39, 0.29) is 5.91 Å². The molecule has 0 aliphatic carbocycles. The number of piperazine rings is 1. The Balaban J connectivity index is 2.05. The number of rotatable bonds is 4. The minimum Gasteiger partial charge on any atom is -0.335 e. The Morgan fingerprint density at radius 1 is 1.35 bits per heavy atom. The third-order valence-electron chi connectivity index (χ3n) is 3.67. The second kappa shape index (κ2) is 6.53. The van der Waals surface area contributed by atoms with Crippen molar-refractivity contribution in [3.63, 3.8) is 0 Å². The second-order valence-corrected chi connectivity index (χ2v) is 4.92. The predicted octanol–water partition coefficient (Wildman–Crippen LogP) is 0.747. The number of aromatic nitrogens is 2. The molecule has 2 rings (SSSR count). The number of carbonyl (C=O) groups excluding carboxylic acids is 1. The number of aryl methyl sites for hydroxylation is 2. The van der Waals surface area contributed by atoms with Crippen LogP contribution in [-0.4, -0.2) is 58.2 Å². The van der Waals surface area contributed by atoms with Gasteiger partial charge in [-0.2, -0.15) is 10.4 Å². The van der Waals surface area contributed by atoms with Crippen molar-refractivity contribution >= 4 is 5.91 Å². The molecule has 6 nitrogen and oxygen atoms in total. The van der Waals surface area contributed by atoms with Gasteiger partial charge in [-0.05, 0) is 19.4 Å². The smallest absolute Gasteiger partial charge is 0.272 e. The van der Waals surface area contributed by atoms with Gasteiger partial charge in [0.2, 0.25) is 0 Å². The molecule has 1 aromatic rings. The van der Waals surface area contributed by atoms with Crippen molar-refractivity contribution in [2.24, 2.45) is 0 Å². The molecule has 1 aliphatic heterocycles. The van der Waals surface area contributed by atoms with Crippen LogP contribution < -0.4 is 0 Å². The Morgan fingerprint density at radius 2 is 2.05 bits per heavy atom. The summed E-state index contributed by atoms with van der Waals surface area (Å²) in [4.78, 5) is 16.5. The summed E-state index contributed by atoms with van der Waals surface area (Å²) in [6.45, 7) is 8.06. The number of carbonyl (C=O) groups is 1. The summed E-state index contributed by atoms with van der Waals surface area (Å²) in [5, 5.41) is 13.1. The van der Waals surface area contributed by atoms with Crippen molar-refractivity contribution in [1.29, 1.82) is 5.26 Å². The van der Waals surface area contributed by atoms with Crippen LogP contribution >= 0.6 is 0 Å². The topological polar surface area (TPSA) is 65.2 Å². The standard InChI is InChI=1S/C14H21N5O/c1-3-12-11-13(19(4-2)16-12)14(20)18-9-7-17(6-5-15)8-10-18/h11H,3-4,6-10H2,1-2H3. The minimum atomic E-state index is 0.0515. The maximum Gasteiger partial charge on any atom is 0.272 e. The summed E-state index contributed by atoms with van der Waals surface area (Å²) in [5.41, 5.74) is 1.64. The number of nitriles is 1. The first kappa shape index (κ1) is 14.5. The zero-order chi connectivity index (χ0) is 14.5. The first-order valence-corrected chi connectivity index (χ1v) is 7.14. The average Bonchev–Trinajstić information content (AvgIpc) is 2.91. The van der Waals surface area contributed by atoms with E-state index in [0.29, 0.717) is 31.9 Å². The third kappa shape index (κ3) is 2.99. The Morgan fingerprint density at radius 3 is 2.60 bits per heavy atom. The molecule has 0 unspecified atom stereocenters. The molecule has 20 heavy (non-hydrogen) atoms. The quantitative estimate of drug-likeness (QED) is 0.761. The van der Waals surface area contributed by atoms with Gasteiger partial charge in [0.15, 0.2) is 0 Å². The van der Waals surface area contributed by atoms with Gasteiger partial charge in [-0.1, -0.05) is 6.92 Å². The van der Waals surface area contributed by atoms with Crippen molar-refractivity contribution < 1.29 is 4.79 Å². The van der Waals surface area contributed by atoms with Crippen molar-refractivity contribution in [3.05, 3.63) is 17.5 Å². The van der Waals surface area contributed by atoms with Crippen LogP contribution in [0.2, 0.25) is 0 Å². The van der Waals surface area contributed by atoms with E-state index in [4.69, 9.17) is 5.26 Å². The van der Waals surface area contributed by atoms with Gasteiger partial charge in [0, 0.05) is 32.7 Å². The largest absolute Gasteiger partial charge is 0.335 e. The Kier molecular flexibility index (Phi) is 4.74. The fourth-order valence-electron chi connectivity index (χ4n) is 2.43. The predicted molar refractivity (Wildman–Crippen MR) is 75.2 cm³/mol. The lowest BCUT2D eigenvalue weighted by atomic mass is 10.2. The molecule has 0 atom stereocenters. The summed E-state index contributed by atoms with van der Waals surface area (Å²) >= 11 is 0. The summed E-state index contributed by atoms with van der Waals surface area (Å²) in [7, 11) is 0. The normalized spacial score (nSPS) is 16.1. The molecule has 0 aromatic carbocycles. The summed E-state index contributed by atoms with van der Waals surface area (Å²) in [6, 6.07) is 4.05. The van der Waals surface area contributed by atoms with Gasteiger partial charge in [-0.25, -0.2) is 0 Å². The molecule has 6 heteroatoms. The lowest BCUT2D eigenvalue weighted by molar-refractivity contribution is 0.0639. The lowest BCUT2D eigenvalue weighted by Gasteiger charge is -2.33. The van der Waals surface area contributed by atoms with Crippen LogP contribution in [0.1, 0.15) is 30.0 Å². The molecule has 2 heterocycles. The van der Waals surface area contributed by atoms with Crippen molar-refractivity contribution in [1.82, 2.24) is 19.6 Å². The fourth-order valence-corrected chi connectivity index (χ4v) is 2.43. The molecule has 1 aliphatic rings. The van der Waals surface area contributed by atoms with Gasteiger partial charge in [0.25, 0.3) is 5.91 Å². The molecule has 1 saturated heterocycles. The molecule has 108 valence electrons. The van der Waals surface area contributed by atoms with Crippen LogP contribution in [-0.2, 0) is 13.0 Å². The first-order valence-electron chi connectivity index (χ1n) is 7.14. The van der Waals surface area contributed by atoms with Gasteiger partial charge in [-0.15, -0.1) is 0 Å². The van der Waals surface area contributed by atoms with E-state index in [1.54, 1.807) is 4.68 Å². The molecule has 1 fully saturated rings. The fraction of sp³-hybridized carbons (Fsp3) is 0.643. The van der Waals surface area contributed by atoms with E-state index in [0.717, 1.165) is 25.2 Å². The summed E-state index contributed by atoms with van der Waals surface area (Å²) in [6.07, 6.45) is 0.837. The summed E-state index contributed by atoms with van der Waals surface area (Å²) in [5.74, 6) is 0.0515. The van der Waals surface area contributed by atoms with E-state index in [1.165, 1.54) is 0 Å². The van der Waals surface area contributed by atoms with Crippen LogP contribution in [0.25, 0.3) is 0 Å². The van der Waals surface area contributed by atoms with Gasteiger partial charge in [0.05, 0.1) is 18.3 Å². The molecule has 0 spiro atoms. The number of amides is 1. The molecule has 0 N–H and O–H groups in total. The molecule has 0 bridgehead atoms. The Hall–Kier alpha value is -1.87. The SMILES string of the molecule is CCc1cc(C(=O)N2CCN(CC#N)CC2)n(CC)n1. The second-order valence-electron chi connectivity index (χ2n) is 4.92. The monoisotopic (exact) mass is 275 g/mol. The van der Waals surface area contributed by atoms with E-state index in [2.05, 4.69) is 16.1 Å². The molecule has 1 amide bonds. The van der Waals surface area contributed by atoms with Gasteiger partial charge in [0.1, 0.15) is 5.69 Å². The Labute approximate surface area is 119 Å². The van der Waals surface area contributed by atoms with Crippen molar-refractivity contribution in [2.75, 3.05) is 32.7 Å². The average molecular weight is 275 g/mol. The molecule has 0 saturated carbocycles. The van der Waals surface area contributed by atoms with Crippen LogP contribution in [0.4, 0.5) is 0 Å². The lowest BCUT2D eigenvalue weighted by Crippen LogP contribution is -2.49. The molecular weight excluding hydrogens is 254 g/mol. The third-order valence-corrected chi connectivity index (χ3v) is 3.67. The summed E-state index contributed by atoms with van der Waals surface area (Å²) < 4.78 is 1.78. The van der Waals surface area contributed by atoms with E-state index >= 15 is 0 Å². The maximum absolute atomic E-state index is 12.6. The van der Waals surface area contributed by atoms with Crippen LogP contribution in [0.3, 0.4) is 0 Å². The molecule has 1 aromatic heterocycles. The van der Waals surface area contributed by atoms with E-state index in [9.17, 15) is 4.79 Å². The van der Waals surface area contributed by atoms with Gasteiger partial charge >= 0.3 is 0 Å². The van der Waals surface area contributed by atoms with Gasteiger partial charge in [-0.3, -0.25) is 14.4 Å². The van der Waals surface area contributed by atoms with Gasteiger partial charge < -0.3 is 4.90 Å². The molecular formula is C14H21N5O. The number of nitrogens with zero attached hydrogens (tertiary/aromatic N) is 5. The molecule has 0 radical (unpaired) electrons. The first-order chi connectivity index (χ1) is 9.69. The highest BCUT2D eigenvalue weighted by molar-refractivity contribution is 5.92. The van der Waals surface area contributed by atoms with Crippen LogP contribution in [0.5, 0.6) is 0 Å². The van der Waals surface area contributed by atoms with Crippen molar-refractivity contribution in [2.45, 2.75) is 26.8 Å². The zero-order valence-electron chi connectivity index (χ0n) is 12.2. The van der Waals surface area contributed by atoms with Crippen molar-refractivity contribution in [3.8, 4) is 6.07 Å². The van der Waals surface area contributed by atoms with Crippen LogP contribution in [0.15, 0.2) is 6.07 Å². The van der Waals surface area contributed by atoms with Crippen LogP contribution in [0, 0.1) is 11.3 Å². The number of hydrogen-bond donors (Lipinski definition) is 0. The highest BCUT2D eigenvalue weighted by atomic mass is 16.2. The highest BCUT2D eigenvalue weighted by Gasteiger charge is 2.24. The van der Waals surface area contributed by atoms with E-state index < -0.39 is 0 Å². The highest BCUT2D eigenvalue weighted by Crippen LogP contribution is 2.11. The van der Waals surface area contributed by atoms with E-state index in [1.807, 2.05) is 24.8 Å². The Bertz CT molecular complexity index is 508. The zero-order valence-corrected chi connectivity index (χ0v) is 12.2. The minimum absolute atomic E-state index is 0.0515.